The summed E-state index contributed by atoms with van der Waals surface area (Å²) in [6.07, 6.45) is 3.85. The van der Waals surface area contributed by atoms with Crippen molar-refractivity contribution in [3.05, 3.63) is 35.4 Å². The minimum absolute atomic E-state index is 0.450. The van der Waals surface area contributed by atoms with Gasteiger partial charge in [-0.05, 0) is 17.7 Å². The molecule has 0 fully saturated rings. The summed E-state index contributed by atoms with van der Waals surface area (Å²) in [4.78, 5) is 0. The van der Waals surface area contributed by atoms with Crippen LogP contribution in [0.1, 0.15) is 11.1 Å². The third-order valence-corrected chi connectivity index (χ3v) is 2.31. The Balaban J connectivity index is 2.95. The normalized spacial score (nSPS) is 10.8. The van der Waals surface area contributed by atoms with E-state index >= 15 is 0 Å². The number of rotatable bonds is 4. The zero-order valence-corrected chi connectivity index (χ0v) is 9.48. The van der Waals surface area contributed by atoms with Gasteiger partial charge in [-0.1, -0.05) is 18.2 Å². The number of halogens is 2. The first-order valence-electron chi connectivity index (χ1n) is 4.27. The summed E-state index contributed by atoms with van der Waals surface area (Å²) in [7, 11) is 1.64. The van der Waals surface area contributed by atoms with Gasteiger partial charge in [-0.15, -0.1) is 23.2 Å². The van der Waals surface area contributed by atoms with Crippen LogP contribution in [0.4, 0.5) is 0 Å². The van der Waals surface area contributed by atoms with Crippen LogP contribution in [0.5, 0.6) is 5.75 Å². The lowest BCUT2D eigenvalue weighted by Crippen LogP contribution is -1.89. The molecule has 14 heavy (non-hydrogen) atoms. The van der Waals surface area contributed by atoms with Gasteiger partial charge in [0.15, 0.2) is 0 Å². The molecule has 0 radical (unpaired) electrons. The lowest BCUT2D eigenvalue weighted by Gasteiger charge is -2.06. The van der Waals surface area contributed by atoms with E-state index in [0.29, 0.717) is 11.8 Å². The Morgan fingerprint density at radius 3 is 2.71 bits per heavy atom. The van der Waals surface area contributed by atoms with Gasteiger partial charge < -0.3 is 4.74 Å². The number of alkyl halides is 2. The molecule has 0 aliphatic rings. The summed E-state index contributed by atoms with van der Waals surface area (Å²) in [6, 6.07) is 5.87. The van der Waals surface area contributed by atoms with E-state index in [-0.39, 0.29) is 0 Å². The van der Waals surface area contributed by atoms with Crippen LogP contribution in [0.3, 0.4) is 0 Å². The van der Waals surface area contributed by atoms with E-state index in [2.05, 4.69) is 0 Å². The third kappa shape index (κ3) is 2.93. The lowest BCUT2D eigenvalue weighted by atomic mass is 10.1. The number of allylic oxidation sites excluding steroid dienone is 1. The molecule has 0 saturated heterocycles. The number of methoxy groups -OCH3 is 1. The lowest BCUT2D eigenvalue weighted by molar-refractivity contribution is 0.411. The Morgan fingerprint density at radius 1 is 1.36 bits per heavy atom. The molecule has 0 spiro atoms. The average Bonchev–Trinajstić information content (AvgIpc) is 2.25. The minimum atomic E-state index is 0.450. The van der Waals surface area contributed by atoms with Crippen molar-refractivity contribution in [2.75, 3.05) is 13.0 Å². The van der Waals surface area contributed by atoms with E-state index in [1.165, 1.54) is 0 Å². The van der Waals surface area contributed by atoms with Crippen LogP contribution in [-0.2, 0) is 5.88 Å². The Kier molecular flexibility index (Phi) is 4.85. The van der Waals surface area contributed by atoms with Crippen LogP contribution >= 0.6 is 23.2 Å². The fourth-order valence-corrected chi connectivity index (χ4v) is 1.49. The standard InChI is InChI=1S/C11H12Cl2O/c1-14-11-5-4-9(3-2-6-12)7-10(11)8-13/h2-5,7H,6,8H2,1H3. The molecule has 0 amide bonds. The predicted molar refractivity (Wildman–Crippen MR) is 62.3 cm³/mol. The van der Waals surface area contributed by atoms with Gasteiger partial charge in [0, 0.05) is 11.4 Å². The van der Waals surface area contributed by atoms with Gasteiger partial charge in [0.1, 0.15) is 5.75 Å². The molecule has 1 aromatic rings. The van der Waals surface area contributed by atoms with Crippen LogP contribution in [0.15, 0.2) is 24.3 Å². The van der Waals surface area contributed by atoms with Crippen LogP contribution in [0.2, 0.25) is 0 Å². The Bertz CT molecular complexity index is 321. The zero-order chi connectivity index (χ0) is 10.4. The molecule has 1 aromatic carbocycles. The minimum Gasteiger partial charge on any atom is -0.496 e. The van der Waals surface area contributed by atoms with Crippen LogP contribution < -0.4 is 4.74 Å². The van der Waals surface area contributed by atoms with Crippen molar-refractivity contribution in [1.29, 1.82) is 0 Å². The van der Waals surface area contributed by atoms with Crippen molar-refractivity contribution in [1.82, 2.24) is 0 Å². The fraction of sp³-hybridized carbons (Fsp3) is 0.273. The van der Waals surface area contributed by atoms with Crippen LogP contribution in [0, 0.1) is 0 Å². The summed E-state index contributed by atoms with van der Waals surface area (Å²) < 4.78 is 5.16. The number of benzene rings is 1. The molecular weight excluding hydrogens is 219 g/mol. The van der Waals surface area contributed by atoms with Gasteiger partial charge in [-0.25, -0.2) is 0 Å². The summed E-state index contributed by atoms with van der Waals surface area (Å²) in [5, 5.41) is 0. The highest BCUT2D eigenvalue weighted by molar-refractivity contribution is 6.19. The van der Waals surface area contributed by atoms with Crippen molar-refractivity contribution in [3.63, 3.8) is 0 Å². The second-order valence-corrected chi connectivity index (χ2v) is 3.34. The summed E-state index contributed by atoms with van der Waals surface area (Å²) in [5.74, 6) is 1.79. The molecule has 0 saturated carbocycles. The molecule has 0 N–H and O–H groups in total. The van der Waals surface area contributed by atoms with E-state index in [1.54, 1.807) is 7.11 Å². The third-order valence-electron chi connectivity index (χ3n) is 1.85. The quantitative estimate of drug-likeness (QED) is 0.718. The monoisotopic (exact) mass is 230 g/mol. The second-order valence-electron chi connectivity index (χ2n) is 2.76. The maximum absolute atomic E-state index is 5.79. The Labute approximate surface area is 94.3 Å². The molecule has 0 bridgehead atoms. The topological polar surface area (TPSA) is 9.23 Å². The molecule has 0 aliphatic carbocycles. The molecule has 0 aliphatic heterocycles. The molecule has 0 atom stereocenters. The summed E-state index contributed by atoms with van der Waals surface area (Å²) in [5.41, 5.74) is 2.08. The largest absolute Gasteiger partial charge is 0.496 e. The molecule has 3 heteroatoms. The molecule has 0 heterocycles. The summed E-state index contributed by atoms with van der Waals surface area (Å²) in [6.45, 7) is 0. The predicted octanol–water partition coefficient (Wildman–Crippen LogP) is 3.69. The van der Waals surface area contributed by atoms with Crippen molar-refractivity contribution < 1.29 is 4.74 Å². The van der Waals surface area contributed by atoms with E-state index in [9.17, 15) is 0 Å². The van der Waals surface area contributed by atoms with E-state index in [4.69, 9.17) is 27.9 Å². The van der Waals surface area contributed by atoms with Crippen LogP contribution in [-0.4, -0.2) is 13.0 Å². The second kappa shape index (κ2) is 5.94. The number of hydrogen-bond acceptors (Lipinski definition) is 1. The molecule has 76 valence electrons. The van der Waals surface area contributed by atoms with Gasteiger partial charge in [0.2, 0.25) is 0 Å². The maximum atomic E-state index is 5.79. The Hall–Kier alpha value is -0.660. The van der Waals surface area contributed by atoms with Gasteiger partial charge in [0.25, 0.3) is 0 Å². The summed E-state index contributed by atoms with van der Waals surface area (Å²) >= 11 is 11.3. The first-order valence-corrected chi connectivity index (χ1v) is 5.34. The highest BCUT2D eigenvalue weighted by Crippen LogP contribution is 2.22. The molecule has 1 nitrogen and oxygen atoms in total. The van der Waals surface area contributed by atoms with Crippen molar-refractivity contribution in [2.45, 2.75) is 5.88 Å². The van der Waals surface area contributed by atoms with Gasteiger partial charge >= 0.3 is 0 Å². The highest BCUT2D eigenvalue weighted by atomic mass is 35.5. The number of ether oxygens (including phenoxy) is 1. The Morgan fingerprint density at radius 2 is 2.14 bits per heavy atom. The first-order chi connectivity index (χ1) is 6.81. The molecular formula is C11H12Cl2O. The van der Waals surface area contributed by atoms with Gasteiger partial charge in [-0.3, -0.25) is 0 Å². The van der Waals surface area contributed by atoms with Gasteiger partial charge in [0.05, 0.1) is 13.0 Å². The van der Waals surface area contributed by atoms with Crippen molar-refractivity contribution >= 4 is 29.3 Å². The molecule has 1 rings (SSSR count). The van der Waals surface area contributed by atoms with E-state index < -0.39 is 0 Å². The smallest absolute Gasteiger partial charge is 0.123 e. The average molecular weight is 231 g/mol. The zero-order valence-electron chi connectivity index (χ0n) is 7.97. The highest BCUT2D eigenvalue weighted by Gasteiger charge is 2.01. The van der Waals surface area contributed by atoms with Crippen molar-refractivity contribution in [3.8, 4) is 5.75 Å². The molecule has 0 aromatic heterocycles. The van der Waals surface area contributed by atoms with E-state index in [0.717, 1.165) is 16.9 Å². The SMILES string of the molecule is COc1ccc(C=CCCl)cc1CCl. The van der Waals surface area contributed by atoms with Crippen LogP contribution in [0.25, 0.3) is 6.08 Å². The number of hydrogen-bond donors (Lipinski definition) is 0. The maximum Gasteiger partial charge on any atom is 0.123 e. The van der Waals surface area contributed by atoms with Crippen molar-refractivity contribution in [2.24, 2.45) is 0 Å². The fourth-order valence-electron chi connectivity index (χ4n) is 1.19. The first kappa shape index (κ1) is 11.4. The molecule has 0 unspecified atom stereocenters. The van der Waals surface area contributed by atoms with Gasteiger partial charge in [-0.2, -0.15) is 0 Å². The van der Waals surface area contributed by atoms with E-state index in [1.807, 2.05) is 30.4 Å².